The third-order valence-electron chi connectivity index (χ3n) is 3.04. The Morgan fingerprint density at radius 3 is 2.94 bits per heavy atom. The van der Waals surface area contributed by atoms with E-state index in [1.807, 2.05) is 24.5 Å². The van der Waals surface area contributed by atoms with Crippen molar-refractivity contribution in [3.05, 3.63) is 35.2 Å². The second-order valence-electron chi connectivity index (χ2n) is 4.21. The summed E-state index contributed by atoms with van der Waals surface area (Å²) < 4.78 is 7.39. The van der Waals surface area contributed by atoms with Crippen LogP contribution in [0.1, 0.15) is 5.69 Å². The lowest BCUT2D eigenvalue weighted by Crippen LogP contribution is -2.35. The molecule has 0 spiro atoms. The molecule has 5 heteroatoms. The number of imidazole rings is 1. The molecule has 0 aromatic carbocycles. The van der Waals surface area contributed by atoms with Gasteiger partial charge in [-0.15, -0.1) is 0 Å². The summed E-state index contributed by atoms with van der Waals surface area (Å²) in [6.45, 7) is 4.49. The first-order valence-electron chi connectivity index (χ1n) is 5.74. The molecule has 0 unspecified atom stereocenters. The lowest BCUT2D eigenvalue weighted by atomic mass is 10.3. The third-order valence-corrected chi connectivity index (χ3v) is 3.26. The zero-order valence-electron chi connectivity index (χ0n) is 9.47. The number of hydrogen-bond acceptors (Lipinski definition) is 3. The lowest BCUT2D eigenvalue weighted by molar-refractivity contribution is 0.0335. The molecule has 3 heterocycles. The Labute approximate surface area is 105 Å². The van der Waals surface area contributed by atoms with Gasteiger partial charge < -0.3 is 9.14 Å². The number of halogens is 1. The molecule has 90 valence electrons. The van der Waals surface area contributed by atoms with Crippen molar-refractivity contribution in [1.82, 2.24) is 14.3 Å². The van der Waals surface area contributed by atoms with Gasteiger partial charge in [0.05, 0.1) is 30.1 Å². The number of nitrogens with zero attached hydrogens (tertiary/aromatic N) is 3. The molecule has 0 bridgehead atoms. The molecule has 0 aliphatic carbocycles. The Kier molecular flexibility index (Phi) is 3.01. The maximum Gasteiger partial charge on any atom is 0.137 e. The van der Waals surface area contributed by atoms with Crippen LogP contribution in [0, 0.1) is 0 Å². The van der Waals surface area contributed by atoms with Crippen LogP contribution in [0.25, 0.3) is 5.65 Å². The van der Waals surface area contributed by atoms with E-state index in [2.05, 4.69) is 14.3 Å². The summed E-state index contributed by atoms with van der Waals surface area (Å²) in [4.78, 5) is 6.74. The van der Waals surface area contributed by atoms with E-state index in [0.29, 0.717) is 0 Å². The standard InChI is InChI=1S/C12H14ClN3O/c13-10-1-2-12-14-7-11(16(12)8-10)9-15-3-5-17-6-4-15/h1-2,7-8H,3-6,9H2. The van der Waals surface area contributed by atoms with Gasteiger partial charge in [-0.25, -0.2) is 4.98 Å². The van der Waals surface area contributed by atoms with Crippen molar-refractivity contribution in [1.29, 1.82) is 0 Å². The summed E-state index contributed by atoms with van der Waals surface area (Å²) in [6.07, 6.45) is 3.83. The average Bonchev–Trinajstić information content (AvgIpc) is 2.73. The molecule has 0 N–H and O–H groups in total. The largest absolute Gasteiger partial charge is 0.379 e. The van der Waals surface area contributed by atoms with Gasteiger partial charge in [0.2, 0.25) is 0 Å². The molecule has 0 atom stereocenters. The van der Waals surface area contributed by atoms with Crippen LogP contribution in [-0.4, -0.2) is 40.6 Å². The fraction of sp³-hybridized carbons (Fsp3) is 0.417. The number of aromatic nitrogens is 2. The Morgan fingerprint density at radius 1 is 1.29 bits per heavy atom. The van der Waals surface area contributed by atoms with Crippen LogP contribution < -0.4 is 0 Å². The van der Waals surface area contributed by atoms with Gasteiger partial charge in [0, 0.05) is 25.8 Å². The summed E-state index contributed by atoms with van der Waals surface area (Å²) in [6, 6.07) is 3.80. The van der Waals surface area contributed by atoms with Crippen molar-refractivity contribution >= 4 is 17.2 Å². The van der Waals surface area contributed by atoms with E-state index in [9.17, 15) is 0 Å². The highest BCUT2D eigenvalue weighted by Crippen LogP contribution is 2.14. The second kappa shape index (κ2) is 4.64. The quantitative estimate of drug-likeness (QED) is 0.816. The van der Waals surface area contributed by atoms with Gasteiger partial charge >= 0.3 is 0 Å². The average molecular weight is 252 g/mol. The number of morpholine rings is 1. The van der Waals surface area contributed by atoms with Crippen LogP contribution in [0.5, 0.6) is 0 Å². The summed E-state index contributed by atoms with van der Waals surface area (Å²) in [7, 11) is 0. The zero-order chi connectivity index (χ0) is 11.7. The first-order valence-corrected chi connectivity index (χ1v) is 6.12. The van der Waals surface area contributed by atoms with E-state index in [1.54, 1.807) is 0 Å². The van der Waals surface area contributed by atoms with Crippen LogP contribution in [0.4, 0.5) is 0 Å². The van der Waals surface area contributed by atoms with E-state index in [0.717, 1.165) is 43.5 Å². The SMILES string of the molecule is Clc1ccc2ncc(CN3CCOCC3)n2c1. The minimum atomic E-state index is 0.735. The number of fused-ring (bicyclic) bond motifs is 1. The molecule has 0 amide bonds. The van der Waals surface area contributed by atoms with Gasteiger partial charge in [0.25, 0.3) is 0 Å². The Hall–Kier alpha value is -1.10. The van der Waals surface area contributed by atoms with Crippen molar-refractivity contribution in [2.75, 3.05) is 26.3 Å². The topological polar surface area (TPSA) is 29.8 Å². The molecule has 1 fully saturated rings. The number of pyridine rings is 1. The highest BCUT2D eigenvalue weighted by molar-refractivity contribution is 6.30. The van der Waals surface area contributed by atoms with Gasteiger partial charge in [-0.3, -0.25) is 4.90 Å². The smallest absolute Gasteiger partial charge is 0.137 e. The van der Waals surface area contributed by atoms with E-state index < -0.39 is 0 Å². The molecule has 4 nitrogen and oxygen atoms in total. The van der Waals surface area contributed by atoms with Gasteiger partial charge in [-0.1, -0.05) is 11.6 Å². The monoisotopic (exact) mass is 251 g/mol. The minimum Gasteiger partial charge on any atom is -0.379 e. The molecule has 1 aliphatic heterocycles. The first-order chi connectivity index (χ1) is 8.33. The number of rotatable bonds is 2. The molecule has 1 saturated heterocycles. The van der Waals surface area contributed by atoms with Crippen molar-refractivity contribution in [3.63, 3.8) is 0 Å². The molecule has 2 aromatic heterocycles. The maximum absolute atomic E-state index is 6.01. The molecule has 1 aliphatic rings. The van der Waals surface area contributed by atoms with Gasteiger partial charge in [-0.05, 0) is 12.1 Å². The molecule has 0 radical (unpaired) electrons. The summed E-state index contributed by atoms with van der Waals surface area (Å²) in [5.41, 5.74) is 2.11. The Balaban J connectivity index is 1.86. The predicted octanol–water partition coefficient (Wildman–Crippen LogP) is 1.82. The van der Waals surface area contributed by atoms with Gasteiger partial charge in [0.1, 0.15) is 5.65 Å². The molecule has 2 aromatic rings. The highest BCUT2D eigenvalue weighted by atomic mass is 35.5. The Morgan fingerprint density at radius 2 is 2.12 bits per heavy atom. The minimum absolute atomic E-state index is 0.735. The maximum atomic E-state index is 6.01. The third kappa shape index (κ3) is 2.29. The zero-order valence-corrected chi connectivity index (χ0v) is 10.2. The van der Waals surface area contributed by atoms with Crippen LogP contribution in [0.15, 0.2) is 24.5 Å². The van der Waals surface area contributed by atoms with Crippen molar-refractivity contribution in [2.24, 2.45) is 0 Å². The summed E-state index contributed by atoms with van der Waals surface area (Å²) in [5, 5.41) is 0.735. The highest BCUT2D eigenvalue weighted by Gasteiger charge is 2.13. The van der Waals surface area contributed by atoms with Crippen molar-refractivity contribution in [3.8, 4) is 0 Å². The molecular formula is C12H14ClN3O. The van der Waals surface area contributed by atoms with E-state index in [4.69, 9.17) is 16.3 Å². The lowest BCUT2D eigenvalue weighted by Gasteiger charge is -2.26. The number of ether oxygens (including phenoxy) is 1. The van der Waals surface area contributed by atoms with Crippen molar-refractivity contribution in [2.45, 2.75) is 6.54 Å². The van der Waals surface area contributed by atoms with Gasteiger partial charge in [-0.2, -0.15) is 0 Å². The fourth-order valence-corrected chi connectivity index (χ4v) is 2.27. The molecule has 0 saturated carbocycles. The van der Waals surface area contributed by atoms with E-state index in [-0.39, 0.29) is 0 Å². The summed E-state index contributed by atoms with van der Waals surface area (Å²) in [5.74, 6) is 0. The Bertz CT molecular complexity index is 519. The summed E-state index contributed by atoms with van der Waals surface area (Å²) >= 11 is 6.01. The first kappa shape index (κ1) is 11.0. The fourth-order valence-electron chi connectivity index (χ4n) is 2.11. The molecule has 17 heavy (non-hydrogen) atoms. The van der Waals surface area contributed by atoms with E-state index in [1.165, 1.54) is 5.69 Å². The van der Waals surface area contributed by atoms with Crippen LogP contribution in [0.3, 0.4) is 0 Å². The second-order valence-corrected chi connectivity index (χ2v) is 4.65. The van der Waals surface area contributed by atoms with Crippen LogP contribution in [0.2, 0.25) is 5.02 Å². The predicted molar refractivity (Wildman–Crippen MR) is 66.3 cm³/mol. The van der Waals surface area contributed by atoms with Crippen molar-refractivity contribution < 1.29 is 4.74 Å². The van der Waals surface area contributed by atoms with Crippen LogP contribution >= 0.6 is 11.6 Å². The normalized spacial score (nSPS) is 17.7. The molecule has 3 rings (SSSR count). The van der Waals surface area contributed by atoms with Crippen LogP contribution in [-0.2, 0) is 11.3 Å². The van der Waals surface area contributed by atoms with Gasteiger partial charge in [0.15, 0.2) is 0 Å². The van der Waals surface area contributed by atoms with E-state index >= 15 is 0 Å². The molecular weight excluding hydrogens is 238 g/mol. The number of hydrogen-bond donors (Lipinski definition) is 0.